The monoisotopic (exact) mass is 475 g/mol. The van der Waals surface area contributed by atoms with E-state index < -0.39 is 24.4 Å². The van der Waals surface area contributed by atoms with Gasteiger partial charge in [0.1, 0.15) is 5.15 Å². The van der Waals surface area contributed by atoms with Gasteiger partial charge in [0.05, 0.1) is 23.3 Å². The quantitative estimate of drug-likeness (QED) is 0.419. The number of esters is 1. The van der Waals surface area contributed by atoms with E-state index in [1.807, 2.05) is 6.07 Å². The SMILES string of the molecule is O=C(COC(=O)c1ccc2nc(Cl)ccc2c1)NCC(=O)Nc1ccccc1Br. The Labute approximate surface area is 179 Å². The summed E-state index contributed by atoms with van der Waals surface area (Å²) in [5, 5.41) is 6.12. The first-order chi connectivity index (χ1) is 13.9. The zero-order valence-electron chi connectivity index (χ0n) is 14.9. The van der Waals surface area contributed by atoms with Gasteiger partial charge in [-0.15, -0.1) is 0 Å². The first-order valence-corrected chi connectivity index (χ1v) is 9.64. The number of para-hydroxylation sites is 1. The van der Waals surface area contributed by atoms with Crippen LogP contribution in [0.15, 0.2) is 59.1 Å². The summed E-state index contributed by atoms with van der Waals surface area (Å²) in [6, 6.07) is 15.2. The molecule has 0 radical (unpaired) electrons. The van der Waals surface area contributed by atoms with Crippen molar-refractivity contribution in [3.05, 3.63) is 69.8 Å². The molecule has 9 heteroatoms. The number of anilines is 1. The van der Waals surface area contributed by atoms with Crippen LogP contribution < -0.4 is 10.6 Å². The van der Waals surface area contributed by atoms with Crippen LogP contribution in [0.1, 0.15) is 10.4 Å². The molecule has 2 N–H and O–H groups in total. The van der Waals surface area contributed by atoms with Crippen LogP contribution >= 0.6 is 27.5 Å². The van der Waals surface area contributed by atoms with E-state index in [9.17, 15) is 14.4 Å². The van der Waals surface area contributed by atoms with Crippen molar-refractivity contribution in [1.29, 1.82) is 0 Å². The molecule has 0 saturated carbocycles. The fourth-order valence-electron chi connectivity index (χ4n) is 2.43. The molecule has 29 heavy (non-hydrogen) atoms. The van der Waals surface area contributed by atoms with Crippen LogP contribution in [0.4, 0.5) is 5.69 Å². The molecule has 2 aromatic carbocycles. The summed E-state index contributed by atoms with van der Waals surface area (Å²) in [5.41, 5.74) is 1.51. The zero-order valence-corrected chi connectivity index (χ0v) is 17.3. The van der Waals surface area contributed by atoms with E-state index in [4.69, 9.17) is 16.3 Å². The molecule has 3 aromatic rings. The number of amides is 2. The fourth-order valence-corrected chi connectivity index (χ4v) is 2.97. The maximum Gasteiger partial charge on any atom is 0.338 e. The number of rotatable bonds is 6. The van der Waals surface area contributed by atoms with Crippen LogP contribution in [0.3, 0.4) is 0 Å². The number of carbonyl (C=O) groups excluding carboxylic acids is 3. The lowest BCUT2D eigenvalue weighted by molar-refractivity contribution is -0.126. The summed E-state index contributed by atoms with van der Waals surface area (Å²) >= 11 is 9.15. The second-order valence-corrected chi connectivity index (χ2v) is 7.16. The Hall–Kier alpha value is -2.97. The van der Waals surface area contributed by atoms with Gasteiger partial charge in [0.15, 0.2) is 6.61 Å². The zero-order chi connectivity index (χ0) is 20.8. The van der Waals surface area contributed by atoms with E-state index >= 15 is 0 Å². The summed E-state index contributed by atoms with van der Waals surface area (Å²) in [6.07, 6.45) is 0. The van der Waals surface area contributed by atoms with Crippen molar-refractivity contribution in [2.45, 2.75) is 0 Å². The molecular weight excluding hydrogens is 462 g/mol. The first kappa shape index (κ1) is 20.8. The minimum atomic E-state index is -0.658. The van der Waals surface area contributed by atoms with Crippen molar-refractivity contribution in [2.24, 2.45) is 0 Å². The van der Waals surface area contributed by atoms with Crippen molar-refractivity contribution >= 4 is 61.9 Å². The maximum absolute atomic E-state index is 12.1. The van der Waals surface area contributed by atoms with Gasteiger partial charge < -0.3 is 15.4 Å². The number of pyridine rings is 1. The Balaban J connectivity index is 1.47. The normalized spacial score (nSPS) is 10.4. The molecule has 0 aliphatic rings. The van der Waals surface area contributed by atoms with Gasteiger partial charge in [-0.25, -0.2) is 9.78 Å². The molecule has 0 atom stereocenters. The summed E-state index contributed by atoms with van der Waals surface area (Å²) in [4.78, 5) is 40.0. The first-order valence-electron chi connectivity index (χ1n) is 8.47. The molecule has 0 fully saturated rings. The van der Waals surface area contributed by atoms with Crippen LogP contribution in [-0.4, -0.2) is 35.9 Å². The van der Waals surface area contributed by atoms with Crippen molar-refractivity contribution in [2.75, 3.05) is 18.5 Å². The Kier molecular flexibility index (Phi) is 6.79. The average molecular weight is 477 g/mol. The molecule has 1 aromatic heterocycles. The molecule has 148 valence electrons. The number of aromatic nitrogens is 1. The summed E-state index contributed by atoms with van der Waals surface area (Å²) < 4.78 is 5.72. The number of hydrogen-bond acceptors (Lipinski definition) is 5. The van der Waals surface area contributed by atoms with Gasteiger partial charge in [-0.2, -0.15) is 0 Å². The van der Waals surface area contributed by atoms with Crippen molar-refractivity contribution in [1.82, 2.24) is 10.3 Å². The highest BCUT2D eigenvalue weighted by Crippen LogP contribution is 2.21. The van der Waals surface area contributed by atoms with Gasteiger partial charge >= 0.3 is 5.97 Å². The summed E-state index contributed by atoms with van der Waals surface area (Å²) in [5.74, 6) is -1.65. The number of ether oxygens (including phenoxy) is 1. The number of nitrogens with zero attached hydrogens (tertiary/aromatic N) is 1. The molecule has 0 aliphatic carbocycles. The highest BCUT2D eigenvalue weighted by atomic mass is 79.9. The molecule has 0 aliphatic heterocycles. The molecule has 0 unspecified atom stereocenters. The van der Waals surface area contributed by atoms with Crippen molar-refractivity contribution < 1.29 is 19.1 Å². The van der Waals surface area contributed by atoms with Gasteiger partial charge in [0, 0.05) is 9.86 Å². The summed E-state index contributed by atoms with van der Waals surface area (Å²) in [6.45, 7) is -0.752. The predicted octanol–water partition coefficient (Wildman–Crippen LogP) is 3.56. The second kappa shape index (κ2) is 9.49. The lowest BCUT2D eigenvalue weighted by Crippen LogP contribution is -2.35. The van der Waals surface area contributed by atoms with E-state index in [1.165, 1.54) is 6.07 Å². The molecular formula is C20H15BrClN3O4. The standard InChI is InChI=1S/C20H15BrClN3O4/c21-14-3-1-2-4-16(14)25-18(26)10-23-19(27)11-29-20(28)13-5-7-15-12(9-13)6-8-17(22)24-15/h1-9H,10-11H2,(H,23,27)(H,25,26). The Morgan fingerprint density at radius 1 is 1.03 bits per heavy atom. The topological polar surface area (TPSA) is 97.4 Å². The third kappa shape index (κ3) is 5.75. The highest BCUT2D eigenvalue weighted by Gasteiger charge is 2.12. The van der Waals surface area contributed by atoms with Crippen LogP contribution in [0.25, 0.3) is 10.9 Å². The molecule has 3 rings (SSSR count). The maximum atomic E-state index is 12.1. The number of fused-ring (bicyclic) bond motifs is 1. The molecule has 2 amide bonds. The van der Waals surface area contributed by atoms with E-state index in [0.717, 1.165) is 9.86 Å². The van der Waals surface area contributed by atoms with Crippen molar-refractivity contribution in [3.8, 4) is 0 Å². The molecule has 0 spiro atoms. The Bertz CT molecular complexity index is 1090. The molecule has 7 nitrogen and oxygen atoms in total. The number of nitrogens with one attached hydrogen (secondary N) is 2. The lowest BCUT2D eigenvalue weighted by Gasteiger charge is -2.09. The Morgan fingerprint density at radius 3 is 2.62 bits per heavy atom. The minimum absolute atomic E-state index is 0.250. The second-order valence-electron chi connectivity index (χ2n) is 5.92. The van der Waals surface area contributed by atoms with E-state index in [1.54, 1.807) is 42.5 Å². The summed E-state index contributed by atoms with van der Waals surface area (Å²) in [7, 11) is 0. The minimum Gasteiger partial charge on any atom is -0.452 e. The van der Waals surface area contributed by atoms with E-state index in [-0.39, 0.29) is 12.1 Å². The van der Waals surface area contributed by atoms with E-state index in [2.05, 4.69) is 31.5 Å². The number of hydrogen-bond donors (Lipinski definition) is 2. The van der Waals surface area contributed by atoms with Gasteiger partial charge in [-0.05, 0) is 58.4 Å². The number of carbonyl (C=O) groups is 3. The third-order valence-electron chi connectivity index (χ3n) is 3.82. The predicted molar refractivity (Wildman–Crippen MR) is 113 cm³/mol. The van der Waals surface area contributed by atoms with Crippen LogP contribution in [0, 0.1) is 0 Å². The van der Waals surface area contributed by atoms with Gasteiger partial charge in [-0.3, -0.25) is 9.59 Å². The van der Waals surface area contributed by atoms with Crippen LogP contribution in [0.2, 0.25) is 5.15 Å². The Morgan fingerprint density at radius 2 is 1.83 bits per heavy atom. The number of halogens is 2. The van der Waals surface area contributed by atoms with Crippen molar-refractivity contribution in [3.63, 3.8) is 0 Å². The van der Waals surface area contributed by atoms with Gasteiger partial charge in [0.2, 0.25) is 5.91 Å². The largest absolute Gasteiger partial charge is 0.452 e. The highest BCUT2D eigenvalue weighted by molar-refractivity contribution is 9.10. The van der Waals surface area contributed by atoms with Crippen LogP contribution in [-0.2, 0) is 14.3 Å². The molecule has 1 heterocycles. The lowest BCUT2D eigenvalue weighted by atomic mass is 10.1. The van der Waals surface area contributed by atoms with E-state index in [0.29, 0.717) is 16.4 Å². The molecule has 0 bridgehead atoms. The average Bonchev–Trinajstić information content (AvgIpc) is 2.71. The van der Waals surface area contributed by atoms with Gasteiger partial charge in [-0.1, -0.05) is 23.7 Å². The van der Waals surface area contributed by atoms with Crippen LogP contribution in [0.5, 0.6) is 0 Å². The van der Waals surface area contributed by atoms with Gasteiger partial charge in [0.25, 0.3) is 5.91 Å². The fraction of sp³-hybridized carbons (Fsp3) is 0.100. The molecule has 0 saturated heterocycles. The smallest absolute Gasteiger partial charge is 0.338 e. The number of benzene rings is 2. The third-order valence-corrected chi connectivity index (χ3v) is 4.72.